The minimum absolute atomic E-state index is 0.0326. The summed E-state index contributed by atoms with van der Waals surface area (Å²) in [6.07, 6.45) is 3.29. The minimum atomic E-state index is -0.0723. The first kappa shape index (κ1) is 25.6. The Bertz CT molecular complexity index is 1320. The molecule has 0 spiro atoms. The Morgan fingerprint density at radius 3 is 2.57 bits per heavy atom. The summed E-state index contributed by atoms with van der Waals surface area (Å²) < 4.78 is 5.62. The summed E-state index contributed by atoms with van der Waals surface area (Å²) >= 11 is 1.64. The summed E-state index contributed by atoms with van der Waals surface area (Å²) in [4.78, 5) is 35.9. The van der Waals surface area contributed by atoms with Crippen molar-refractivity contribution in [1.82, 2.24) is 9.88 Å². The van der Waals surface area contributed by atoms with Gasteiger partial charge in [-0.3, -0.25) is 14.6 Å². The Labute approximate surface area is 223 Å². The highest BCUT2D eigenvalue weighted by Crippen LogP contribution is 2.49. The van der Waals surface area contributed by atoms with Crippen molar-refractivity contribution in [2.75, 3.05) is 44.3 Å². The van der Waals surface area contributed by atoms with E-state index in [1.165, 1.54) is 0 Å². The second-order valence-electron chi connectivity index (χ2n) is 10.6. The molecule has 0 saturated carbocycles. The Balaban J connectivity index is 1.60. The van der Waals surface area contributed by atoms with Crippen LogP contribution in [0.2, 0.25) is 0 Å². The molecule has 1 saturated heterocycles. The lowest BCUT2D eigenvalue weighted by molar-refractivity contribution is 0.0772. The number of aromatic nitrogens is 1. The number of thiophene rings is 1. The predicted molar refractivity (Wildman–Crippen MR) is 150 cm³/mol. The Hall–Kier alpha value is -3.03. The number of anilines is 1. The largest absolute Gasteiger partial charge is 0.378 e. The molecule has 5 rings (SSSR count). The number of fused-ring (bicyclic) bond motifs is 1. The fraction of sp³-hybridized carbons (Fsp3) is 0.433. The molecule has 7 heteroatoms. The molecule has 0 N–H and O–H groups in total. The second kappa shape index (κ2) is 10.4. The molecule has 0 bridgehead atoms. The van der Waals surface area contributed by atoms with E-state index in [-0.39, 0.29) is 17.1 Å². The molecule has 1 aliphatic heterocycles. The van der Waals surface area contributed by atoms with Gasteiger partial charge in [-0.2, -0.15) is 0 Å². The normalized spacial score (nSPS) is 17.0. The predicted octanol–water partition coefficient (Wildman–Crippen LogP) is 5.95. The van der Waals surface area contributed by atoms with Gasteiger partial charge in [0.1, 0.15) is 0 Å². The van der Waals surface area contributed by atoms with Gasteiger partial charge in [-0.1, -0.05) is 26.0 Å². The molecule has 194 valence electrons. The number of nitrogens with zero attached hydrogens (tertiary/aromatic N) is 3. The van der Waals surface area contributed by atoms with Crippen molar-refractivity contribution in [3.8, 4) is 22.4 Å². The molecular formula is C30H35N3O3S. The maximum absolute atomic E-state index is 13.2. The molecule has 1 aromatic carbocycles. The van der Waals surface area contributed by atoms with Crippen LogP contribution in [-0.2, 0) is 11.2 Å². The van der Waals surface area contributed by atoms with Crippen molar-refractivity contribution in [1.29, 1.82) is 0 Å². The maximum Gasteiger partial charge on any atom is 0.253 e. The van der Waals surface area contributed by atoms with Crippen LogP contribution in [0.1, 0.15) is 59.7 Å². The van der Waals surface area contributed by atoms with Crippen molar-refractivity contribution in [3.63, 3.8) is 0 Å². The van der Waals surface area contributed by atoms with E-state index in [0.717, 1.165) is 57.3 Å². The molecule has 3 heterocycles. The van der Waals surface area contributed by atoms with Crippen LogP contribution in [-0.4, -0.2) is 61.0 Å². The highest BCUT2D eigenvalue weighted by Gasteiger charge is 2.37. The third kappa shape index (κ3) is 5.07. The maximum atomic E-state index is 13.2. The van der Waals surface area contributed by atoms with Gasteiger partial charge in [-0.05, 0) is 61.1 Å². The molecule has 1 fully saturated rings. The summed E-state index contributed by atoms with van der Waals surface area (Å²) in [7, 11) is 0. The average Bonchev–Trinajstić information content (AvgIpc) is 3.28. The molecule has 0 atom stereocenters. The lowest BCUT2D eigenvalue weighted by Gasteiger charge is -2.30. The smallest absolute Gasteiger partial charge is 0.253 e. The molecule has 6 nitrogen and oxygen atoms in total. The number of carbonyl (C=O) groups excluding carboxylic acids is 2. The fourth-order valence-corrected chi connectivity index (χ4v) is 6.77. The van der Waals surface area contributed by atoms with Gasteiger partial charge in [0.2, 0.25) is 0 Å². The van der Waals surface area contributed by atoms with Gasteiger partial charge >= 0.3 is 0 Å². The lowest BCUT2D eigenvalue weighted by Crippen LogP contribution is -2.36. The SMILES string of the molecule is CCN(CC)C(=O)c1cccc(-c2cc(-c3c(N4CCOCC4)sc4c3CC(C)(C)CC4=O)ccn2)c1. The highest BCUT2D eigenvalue weighted by atomic mass is 32.1. The van der Waals surface area contributed by atoms with E-state index >= 15 is 0 Å². The Morgan fingerprint density at radius 1 is 1.08 bits per heavy atom. The van der Waals surface area contributed by atoms with Crippen molar-refractivity contribution in [3.05, 3.63) is 58.6 Å². The highest BCUT2D eigenvalue weighted by molar-refractivity contribution is 7.19. The molecular weight excluding hydrogens is 482 g/mol. The second-order valence-corrected chi connectivity index (χ2v) is 11.6. The average molecular weight is 518 g/mol. The van der Waals surface area contributed by atoms with Crippen LogP contribution in [0.25, 0.3) is 22.4 Å². The number of hydrogen-bond acceptors (Lipinski definition) is 6. The Kier molecular flexibility index (Phi) is 7.19. The van der Waals surface area contributed by atoms with Crippen molar-refractivity contribution < 1.29 is 14.3 Å². The number of ketones is 1. The number of pyridine rings is 1. The minimum Gasteiger partial charge on any atom is -0.378 e. The lowest BCUT2D eigenvalue weighted by atomic mass is 9.75. The van der Waals surface area contributed by atoms with Crippen LogP contribution >= 0.6 is 11.3 Å². The first-order valence-corrected chi connectivity index (χ1v) is 14.0. The number of benzene rings is 1. The van der Waals surface area contributed by atoms with E-state index in [0.29, 0.717) is 38.3 Å². The number of Topliss-reactive ketones (excluding diaryl/α,β-unsaturated/α-hetero) is 1. The number of hydrogen-bond donors (Lipinski definition) is 0. The van der Waals surface area contributed by atoms with Crippen LogP contribution < -0.4 is 4.90 Å². The van der Waals surface area contributed by atoms with E-state index in [1.54, 1.807) is 11.3 Å². The zero-order chi connectivity index (χ0) is 26.2. The van der Waals surface area contributed by atoms with Crippen molar-refractivity contribution in [2.24, 2.45) is 5.41 Å². The summed E-state index contributed by atoms with van der Waals surface area (Å²) in [6.45, 7) is 12.7. The van der Waals surface area contributed by atoms with Gasteiger partial charge in [-0.25, -0.2) is 0 Å². The van der Waals surface area contributed by atoms with E-state index in [4.69, 9.17) is 4.74 Å². The zero-order valence-electron chi connectivity index (χ0n) is 22.2. The molecule has 3 aromatic rings. The van der Waals surface area contributed by atoms with Crippen LogP contribution in [0.5, 0.6) is 0 Å². The van der Waals surface area contributed by atoms with E-state index in [9.17, 15) is 9.59 Å². The van der Waals surface area contributed by atoms with Crippen LogP contribution in [0.3, 0.4) is 0 Å². The number of carbonyl (C=O) groups is 2. The van der Waals surface area contributed by atoms with Crippen LogP contribution in [0.4, 0.5) is 5.00 Å². The first-order valence-electron chi connectivity index (χ1n) is 13.2. The number of morpholine rings is 1. The van der Waals surface area contributed by atoms with Gasteiger partial charge < -0.3 is 14.5 Å². The number of rotatable bonds is 6. The van der Waals surface area contributed by atoms with Crippen molar-refractivity contribution >= 4 is 28.0 Å². The van der Waals surface area contributed by atoms with E-state index in [2.05, 4.69) is 29.8 Å². The van der Waals surface area contributed by atoms with Crippen molar-refractivity contribution in [2.45, 2.75) is 40.5 Å². The van der Waals surface area contributed by atoms with E-state index < -0.39 is 0 Å². The van der Waals surface area contributed by atoms with Crippen LogP contribution in [0, 0.1) is 5.41 Å². The van der Waals surface area contributed by atoms with Gasteiger partial charge in [0.15, 0.2) is 5.78 Å². The summed E-state index contributed by atoms with van der Waals surface area (Å²) in [5, 5.41) is 1.15. The quantitative estimate of drug-likeness (QED) is 0.404. The zero-order valence-corrected chi connectivity index (χ0v) is 23.0. The van der Waals surface area contributed by atoms with Gasteiger partial charge in [0, 0.05) is 55.5 Å². The Morgan fingerprint density at radius 2 is 1.84 bits per heavy atom. The standard InChI is InChI=1S/C30H35N3O3S/c1-5-32(6-2)28(35)22-9-7-8-20(16-22)24-17-21(10-11-31-24)26-23-18-30(3,4)19-25(34)27(23)37-29(26)33-12-14-36-15-13-33/h7-11,16-17H,5-6,12-15,18-19H2,1-4H3. The van der Waals surface area contributed by atoms with Gasteiger partial charge in [0.05, 0.1) is 28.8 Å². The molecule has 37 heavy (non-hydrogen) atoms. The van der Waals surface area contributed by atoms with Gasteiger partial charge in [0.25, 0.3) is 5.91 Å². The molecule has 1 aliphatic carbocycles. The summed E-state index contributed by atoms with van der Waals surface area (Å²) in [5.41, 5.74) is 5.71. The van der Waals surface area contributed by atoms with Gasteiger partial charge in [-0.15, -0.1) is 11.3 Å². The molecule has 1 amide bonds. The number of amides is 1. The fourth-order valence-electron chi connectivity index (χ4n) is 5.44. The summed E-state index contributed by atoms with van der Waals surface area (Å²) in [5.74, 6) is 0.277. The molecule has 2 aromatic heterocycles. The van der Waals surface area contributed by atoms with E-state index in [1.807, 2.05) is 55.3 Å². The first-order chi connectivity index (χ1) is 17.8. The third-order valence-corrected chi connectivity index (χ3v) is 8.67. The third-order valence-electron chi connectivity index (χ3n) is 7.34. The topological polar surface area (TPSA) is 62.7 Å². The number of ether oxygens (including phenoxy) is 1. The summed E-state index contributed by atoms with van der Waals surface area (Å²) in [6, 6.07) is 11.9. The molecule has 0 unspecified atom stereocenters. The van der Waals surface area contributed by atoms with Crippen LogP contribution in [0.15, 0.2) is 42.6 Å². The molecule has 0 radical (unpaired) electrons. The molecule has 2 aliphatic rings. The monoisotopic (exact) mass is 517 g/mol.